The number of carbonyl (C=O) groups excluding carboxylic acids is 1. The smallest absolute Gasteiger partial charge is 0.185 e. The van der Waals surface area contributed by atoms with Crippen LogP contribution in [-0.4, -0.2) is 35.3 Å². The number of rotatable bonds is 8. The van der Waals surface area contributed by atoms with Crippen LogP contribution >= 0.6 is 0 Å². The minimum Gasteiger partial charge on any atom is -0.303 e. The first-order valence-electron chi connectivity index (χ1n) is 6.96. The van der Waals surface area contributed by atoms with Gasteiger partial charge in [-0.1, -0.05) is 20.8 Å². The average molecular weight is 266 g/mol. The Morgan fingerprint density at radius 3 is 2.42 bits per heavy atom. The number of hydrogen-bond acceptors (Lipinski definition) is 3. The highest BCUT2D eigenvalue weighted by Crippen LogP contribution is 2.10. The molecule has 0 radical (unpaired) electrons. The van der Waals surface area contributed by atoms with Gasteiger partial charge >= 0.3 is 0 Å². The van der Waals surface area contributed by atoms with Gasteiger partial charge in [0.05, 0.1) is 6.20 Å². The van der Waals surface area contributed by atoms with Crippen molar-refractivity contribution in [2.75, 3.05) is 19.6 Å². The van der Waals surface area contributed by atoms with E-state index < -0.39 is 5.82 Å². The topological polar surface area (TPSA) is 33.2 Å². The number of nitrogens with zero attached hydrogens (tertiary/aromatic N) is 2. The maximum Gasteiger partial charge on any atom is 0.185 e. The number of pyridine rings is 1. The third-order valence-electron chi connectivity index (χ3n) is 3.04. The summed E-state index contributed by atoms with van der Waals surface area (Å²) in [4.78, 5) is 18.3. The maximum atomic E-state index is 12.8. The molecule has 0 spiro atoms. The van der Waals surface area contributed by atoms with Gasteiger partial charge < -0.3 is 4.90 Å². The number of carbonyl (C=O) groups is 1. The van der Waals surface area contributed by atoms with Gasteiger partial charge in [0.25, 0.3) is 0 Å². The second kappa shape index (κ2) is 8.00. The van der Waals surface area contributed by atoms with Crippen LogP contribution in [0.25, 0.3) is 0 Å². The van der Waals surface area contributed by atoms with Gasteiger partial charge in [-0.25, -0.2) is 4.39 Å². The van der Waals surface area contributed by atoms with Crippen molar-refractivity contribution < 1.29 is 9.18 Å². The van der Waals surface area contributed by atoms with Crippen molar-refractivity contribution in [3.63, 3.8) is 0 Å². The first kappa shape index (κ1) is 15.8. The molecule has 4 heteroatoms. The molecule has 3 nitrogen and oxygen atoms in total. The lowest BCUT2D eigenvalue weighted by molar-refractivity contribution is 0.0888. The molecule has 106 valence electrons. The predicted molar refractivity (Wildman–Crippen MR) is 74.7 cm³/mol. The summed E-state index contributed by atoms with van der Waals surface area (Å²) in [5.41, 5.74) is 0.349. The molecule has 0 saturated carbocycles. The molecule has 0 aromatic carbocycles. The highest BCUT2D eigenvalue weighted by molar-refractivity contribution is 5.95. The van der Waals surface area contributed by atoms with Gasteiger partial charge in [-0.3, -0.25) is 9.78 Å². The first-order valence-corrected chi connectivity index (χ1v) is 6.96. The third kappa shape index (κ3) is 5.07. The van der Waals surface area contributed by atoms with Crippen molar-refractivity contribution >= 4 is 5.78 Å². The molecule has 0 amide bonds. The normalized spacial score (nSPS) is 12.7. The molecule has 1 rings (SSSR count). The van der Waals surface area contributed by atoms with Gasteiger partial charge in [0.1, 0.15) is 11.5 Å². The molecule has 1 unspecified atom stereocenters. The molecule has 1 aromatic rings. The summed E-state index contributed by atoms with van der Waals surface area (Å²) in [6, 6.07) is 2.74. The van der Waals surface area contributed by atoms with E-state index in [4.69, 9.17) is 0 Å². The quantitative estimate of drug-likeness (QED) is 0.678. The van der Waals surface area contributed by atoms with Crippen LogP contribution in [0.5, 0.6) is 0 Å². The second-order valence-electron chi connectivity index (χ2n) is 4.93. The van der Waals surface area contributed by atoms with Crippen LogP contribution < -0.4 is 0 Å². The van der Waals surface area contributed by atoms with Crippen molar-refractivity contribution in [1.29, 1.82) is 0 Å². The molecule has 19 heavy (non-hydrogen) atoms. The molecule has 0 N–H and O–H groups in total. The van der Waals surface area contributed by atoms with Crippen LogP contribution in [0, 0.1) is 11.7 Å². The zero-order chi connectivity index (χ0) is 14.3. The number of Topliss-reactive ketones (excluding diaryl/α,β-unsaturated/α-hetero) is 1. The minimum atomic E-state index is -0.414. The molecule has 0 aliphatic carbocycles. The molecular weight excluding hydrogens is 243 g/mol. The van der Waals surface area contributed by atoms with Gasteiger partial charge in [0.2, 0.25) is 0 Å². The molecule has 0 fully saturated rings. The number of halogens is 1. The highest BCUT2D eigenvalue weighted by Gasteiger charge is 2.19. The van der Waals surface area contributed by atoms with E-state index in [0.717, 1.165) is 38.7 Å². The molecule has 0 aliphatic rings. The van der Waals surface area contributed by atoms with Crippen molar-refractivity contribution in [2.45, 2.75) is 33.6 Å². The lowest BCUT2D eigenvalue weighted by Crippen LogP contribution is -2.33. The van der Waals surface area contributed by atoms with Gasteiger partial charge in [0, 0.05) is 12.5 Å². The highest BCUT2D eigenvalue weighted by atomic mass is 19.1. The Bertz CT molecular complexity index is 386. The number of aromatic nitrogens is 1. The molecule has 0 saturated heterocycles. The van der Waals surface area contributed by atoms with E-state index in [-0.39, 0.29) is 11.7 Å². The van der Waals surface area contributed by atoms with E-state index >= 15 is 0 Å². The second-order valence-corrected chi connectivity index (χ2v) is 4.93. The molecule has 0 aliphatic heterocycles. The Hall–Kier alpha value is -1.29. The van der Waals surface area contributed by atoms with Gasteiger partial charge in [-0.05, 0) is 38.1 Å². The van der Waals surface area contributed by atoms with Gasteiger partial charge in [-0.2, -0.15) is 0 Å². The predicted octanol–water partition coefficient (Wildman–Crippen LogP) is 3.16. The SMILES string of the molecule is CCCN(CCC)CC(C)C(=O)c1ccc(F)cn1. The molecular formula is C15H23FN2O. The summed E-state index contributed by atoms with van der Waals surface area (Å²) < 4.78 is 12.8. The standard InChI is InChI=1S/C15H23FN2O/c1-4-8-18(9-5-2)11-12(3)15(19)14-7-6-13(16)10-17-14/h6-7,10,12H,4-5,8-9,11H2,1-3H3. The lowest BCUT2D eigenvalue weighted by atomic mass is 10.0. The van der Waals surface area contributed by atoms with E-state index in [0.29, 0.717) is 5.69 Å². The number of hydrogen-bond donors (Lipinski definition) is 0. The van der Waals surface area contributed by atoms with Gasteiger partial charge in [0.15, 0.2) is 5.78 Å². The lowest BCUT2D eigenvalue weighted by Gasteiger charge is -2.24. The Morgan fingerprint density at radius 2 is 1.95 bits per heavy atom. The Labute approximate surface area is 114 Å². The maximum absolute atomic E-state index is 12.8. The van der Waals surface area contributed by atoms with E-state index in [2.05, 4.69) is 23.7 Å². The average Bonchev–Trinajstić information content (AvgIpc) is 2.39. The van der Waals surface area contributed by atoms with Crippen molar-refractivity contribution in [3.05, 3.63) is 29.8 Å². The van der Waals surface area contributed by atoms with Gasteiger partial charge in [-0.15, -0.1) is 0 Å². The first-order chi connectivity index (χ1) is 9.08. The summed E-state index contributed by atoms with van der Waals surface area (Å²) in [5, 5.41) is 0. The van der Waals surface area contributed by atoms with Crippen molar-refractivity contribution in [2.24, 2.45) is 5.92 Å². The molecule has 1 aromatic heterocycles. The Kier molecular flexibility index (Phi) is 6.64. The molecule has 1 heterocycles. The van der Waals surface area contributed by atoms with Crippen molar-refractivity contribution in [3.8, 4) is 0 Å². The molecule has 1 atom stereocenters. The van der Waals surface area contributed by atoms with E-state index in [1.165, 1.54) is 12.1 Å². The number of ketones is 1. The summed E-state index contributed by atoms with van der Waals surface area (Å²) in [6.45, 7) is 8.92. The molecule has 0 bridgehead atoms. The van der Waals surface area contributed by atoms with Crippen LogP contribution in [0.2, 0.25) is 0 Å². The van der Waals surface area contributed by atoms with E-state index in [1.54, 1.807) is 0 Å². The fourth-order valence-corrected chi connectivity index (χ4v) is 2.17. The van der Waals surface area contributed by atoms with Crippen LogP contribution in [-0.2, 0) is 0 Å². The Morgan fingerprint density at radius 1 is 1.32 bits per heavy atom. The largest absolute Gasteiger partial charge is 0.303 e. The zero-order valence-electron chi connectivity index (χ0n) is 12.0. The zero-order valence-corrected chi connectivity index (χ0v) is 12.0. The van der Waals surface area contributed by atoms with E-state index in [1.807, 2.05) is 6.92 Å². The third-order valence-corrected chi connectivity index (χ3v) is 3.04. The monoisotopic (exact) mass is 266 g/mol. The Balaban J connectivity index is 2.62. The fraction of sp³-hybridized carbons (Fsp3) is 0.600. The summed E-state index contributed by atoms with van der Waals surface area (Å²) >= 11 is 0. The van der Waals surface area contributed by atoms with Crippen LogP contribution in [0.4, 0.5) is 4.39 Å². The van der Waals surface area contributed by atoms with Crippen LogP contribution in [0.3, 0.4) is 0 Å². The van der Waals surface area contributed by atoms with Crippen molar-refractivity contribution in [1.82, 2.24) is 9.88 Å². The van der Waals surface area contributed by atoms with Crippen LogP contribution in [0.15, 0.2) is 18.3 Å². The summed E-state index contributed by atoms with van der Waals surface area (Å²) in [6.07, 6.45) is 3.25. The summed E-state index contributed by atoms with van der Waals surface area (Å²) in [5.74, 6) is -0.545. The van der Waals surface area contributed by atoms with E-state index in [9.17, 15) is 9.18 Å². The fourth-order valence-electron chi connectivity index (χ4n) is 2.17. The summed E-state index contributed by atoms with van der Waals surface area (Å²) in [7, 11) is 0. The van der Waals surface area contributed by atoms with Crippen LogP contribution in [0.1, 0.15) is 44.1 Å². The minimum absolute atomic E-state index is 0.0165.